The van der Waals surface area contributed by atoms with Gasteiger partial charge in [-0.25, -0.2) is 0 Å². The van der Waals surface area contributed by atoms with Crippen LogP contribution in [0.4, 0.5) is 0 Å². The van der Waals surface area contributed by atoms with Gasteiger partial charge in [0.15, 0.2) is 0 Å². The minimum atomic E-state index is -0.474. The van der Waals surface area contributed by atoms with E-state index in [4.69, 9.17) is 0 Å². The topological polar surface area (TPSA) is 32.3 Å². The monoisotopic (exact) mass is 402 g/mol. The first-order valence-corrected chi connectivity index (χ1v) is 9.00. The van der Waals surface area contributed by atoms with Crippen molar-refractivity contribution in [2.45, 2.75) is 39.0 Å². The maximum Gasteiger partial charge on any atom is 0.232 e. The summed E-state index contributed by atoms with van der Waals surface area (Å²) in [6, 6.07) is 8.09. The number of amides is 1. The molecule has 1 aromatic rings. The van der Waals surface area contributed by atoms with Crippen molar-refractivity contribution in [2.24, 2.45) is 5.92 Å². The second kappa shape index (κ2) is 9.05. The average molecular weight is 404 g/mol. The van der Waals surface area contributed by atoms with Gasteiger partial charge in [-0.05, 0) is 63.4 Å². The molecule has 1 amide bonds. The van der Waals surface area contributed by atoms with E-state index >= 15 is 0 Å². The molecule has 1 N–H and O–H groups in total. The first-order valence-electron chi connectivity index (χ1n) is 8.21. The summed E-state index contributed by atoms with van der Waals surface area (Å²) < 4.78 is 1.02. The summed E-state index contributed by atoms with van der Waals surface area (Å²) in [7, 11) is 0. The van der Waals surface area contributed by atoms with Crippen LogP contribution in [0.1, 0.15) is 39.2 Å². The molecule has 1 aliphatic rings. The molecule has 0 atom stereocenters. The number of hydrogen-bond donors (Lipinski definition) is 1. The van der Waals surface area contributed by atoms with E-state index < -0.39 is 5.41 Å². The second-order valence-corrected chi connectivity index (χ2v) is 7.59. The molecule has 0 unspecified atom stereocenters. The Morgan fingerprint density at radius 2 is 2.00 bits per heavy atom. The molecule has 1 aromatic carbocycles. The maximum absolute atomic E-state index is 12.9. The van der Waals surface area contributed by atoms with Gasteiger partial charge in [-0.2, -0.15) is 0 Å². The van der Waals surface area contributed by atoms with Gasteiger partial charge in [0.1, 0.15) is 0 Å². The van der Waals surface area contributed by atoms with Crippen molar-refractivity contribution in [2.75, 3.05) is 26.2 Å². The van der Waals surface area contributed by atoms with Crippen LogP contribution in [-0.4, -0.2) is 37.0 Å². The highest BCUT2D eigenvalue weighted by Gasteiger charge is 2.35. The summed E-state index contributed by atoms with van der Waals surface area (Å²) >= 11 is 3.50. The first kappa shape index (κ1) is 20.5. The molecule has 130 valence electrons. The Morgan fingerprint density at radius 1 is 1.35 bits per heavy atom. The second-order valence-electron chi connectivity index (χ2n) is 6.68. The van der Waals surface area contributed by atoms with Gasteiger partial charge < -0.3 is 10.2 Å². The van der Waals surface area contributed by atoms with Crippen LogP contribution in [0.2, 0.25) is 0 Å². The van der Waals surface area contributed by atoms with Crippen LogP contribution in [0.5, 0.6) is 0 Å². The fourth-order valence-electron chi connectivity index (χ4n) is 3.08. The van der Waals surface area contributed by atoms with Crippen LogP contribution < -0.4 is 5.32 Å². The van der Waals surface area contributed by atoms with E-state index in [0.29, 0.717) is 5.92 Å². The molecule has 3 nitrogen and oxygen atoms in total. The summed E-state index contributed by atoms with van der Waals surface area (Å²) in [6.45, 7) is 10.1. The molecule has 1 fully saturated rings. The van der Waals surface area contributed by atoms with E-state index in [-0.39, 0.29) is 18.3 Å². The molecule has 0 aromatic heterocycles. The van der Waals surface area contributed by atoms with Gasteiger partial charge in [0.05, 0.1) is 5.41 Å². The van der Waals surface area contributed by atoms with Crippen LogP contribution in [-0.2, 0) is 10.2 Å². The van der Waals surface area contributed by atoms with Crippen molar-refractivity contribution < 1.29 is 4.79 Å². The van der Waals surface area contributed by atoms with Gasteiger partial charge in [-0.15, -0.1) is 12.4 Å². The van der Waals surface area contributed by atoms with Gasteiger partial charge in [-0.1, -0.05) is 35.0 Å². The predicted octanol–water partition coefficient (Wildman–Crippen LogP) is 4.00. The normalized spacial score (nSPS) is 16.1. The number of halogens is 2. The van der Waals surface area contributed by atoms with E-state index in [2.05, 4.69) is 34.2 Å². The predicted molar refractivity (Wildman–Crippen MR) is 102 cm³/mol. The van der Waals surface area contributed by atoms with Crippen LogP contribution in [0, 0.1) is 5.92 Å². The molecule has 0 bridgehead atoms. The van der Waals surface area contributed by atoms with Crippen molar-refractivity contribution in [3.8, 4) is 0 Å². The minimum absolute atomic E-state index is 0. The van der Waals surface area contributed by atoms with Crippen molar-refractivity contribution in [3.63, 3.8) is 0 Å². The summed E-state index contributed by atoms with van der Waals surface area (Å²) in [5.74, 6) is 0.950. The third-order valence-electron chi connectivity index (χ3n) is 4.67. The molecule has 2 rings (SSSR count). The lowest BCUT2D eigenvalue weighted by atomic mass is 9.82. The van der Waals surface area contributed by atoms with Gasteiger partial charge in [0.2, 0.25) is 5.91 Å². The highest BCUT2D eigenvalue weighted by molar-refractivity contribution is 9.10. The van der Waals surface area contributed by atoms with Crippen LogP contribution in [0.3, 0.4) is 0 Å². The van der Waals surface area contributed by atoms with Crippen LogP contribution >= 0.6 is 28.3 Å². The highest BCUT2D eigenvalue weighted by Crippen LogP contribution is 2.29. The maximum atomic E-state index is 12.9. The number of nitrogens with zero attached hydrogens (tertiary/aromatic N) is 1. The lowest BCUT2D eigenvalue weighted by Gasteiger charge is -2.37. The Balaban J connectivity index is 0.00000264. The third kappa shape index (κ3) is 5.20. The molecular formula is C18H28BrClN2O. The smallest absolute Gasteiger partial charge is 0.232 e. The van der Waals surface area contributed by atoms with Crippen molar-refractivity contribution in [1.29, 1.82) is 0 Å². The molecule has 0 spiro atoms. The van der Waals surface area contributed by atoms with Gasteiger partial charge in [-0.3, -0.25) is 4.79 Å². The zero-order valence-electron chi connectivity index (χ0n) is 14.3. The zero-order valence-corrected chi connectivity index (χ0v) is 16.7. The molecule has 0 saturated carbocycles. The quantitative estimate of drug-likeness (QED) is 0.806. The Morgan fingerprint density at radius 3 is 2.57 bits per heavy atom. The minimum Gasteiger partial charge on any atom is -0.342 e. The summed E-state index contributed by atoms with van der Waals surface area (Å²) in [4.78, 5) is 15.0. The Labute approximate surface area is 154 Å². The number of rotatable bonds is 5. The molecule has 1 aliphatic heterocycles. The molecule has 1 saturated heterocycles. The Bertz CT molecular complexity index is 513. The van der Waals surface area contributed by atoms with Crippen molar-refractivity contribution in [3.05, 3.63) is 34.3 Å². The number of hydrogen-bond acceptors (Lipinski definition) is 2. The first-order chi connectivity index (χ1) is 10.4. The number of carbonyl (C=O) groups excluding carboxylic acids is 1. The van der Waals surface area contributed by atoms with Gasteiger partial charge >= 0.3 is 0 Å². The number of piperidine rings is 1. The fourth-order valence-corrected chi connectivity index (χ4v) is 3.48. The average Bonchev–Trinajstić information content (AvgIpc) is 2.52. The largest absolute Gasteiger partial charge is 0.342 e. The standard InChI is InChI=1S/C18H27BrN2O.ClH/c1-4-20-13-14-8-10-21(11-9-14)17(22)18(2,3)15-6-5-7-16(19)12-15;/h5-7,12,14,20H,4,8-11,13H2,1-3H3;1H. The highest BCUT2D eigenvalue weighted by atomic mass is 79.9. The van der Waals surface area contributed by atoms with Crippen molar-refractivity contribution in [1.82, 2.24) is 10.2 Å². The summed E-state index contributed by atoms with van der Waals surface area (Å²) in [5, 5.41) is 3.42. The zero-order chi connectivity index (χ0) is 16.2. The number of carbonyl (C=O) groups is 1. The summed E-state index contributed by atoms with van der Waals surface area (Å²) in [6.07, 6.45) is 2.21. The number of nitrogens with one attached hydrogen (secondary N) is 1. The van der Waals surface area contributed by atoms with Gasteiger partial charge in [0.25, 0.3) is 0 Å². The van der Waals surface area contributed by atoms with Crippen LogP contribution in [0.15, 0.2) is 28.7 Å². The molecule has 1 heterocycles. The Kier molecular flexibility index (Phi) is 8.05. The van der Waals surface area contributed by atoms with E-state index in [1.807, 2.05) is 36.9 Å². The van der Waals surface area contributed by atoms with E-state index in [9.17, 15) is 4.79 Å². The molecule has 23 heavy (non-hydrogen) atoms. The van der Waals surface area contributed by atoms with E-state index in [0.717, 1.165) is 49.1 Å². The lowest BCUT2D eigenvalue weighted by Crippen LogP contribution is -2.47. The van der Waals surface area contributed by atoms with Crippen molar-refractivity contribution >= 4 is 34.2 Å². The van der Waals surface area contributed by atoms with Crippen LogP contribution in [0.25, 0.3) is 0 Å². The molecular weight excluding hydrogens is 376 g/mol. The third-order valence-corrected chi connectivity index (χ3v) is 5.16. The van der Waals surface area contributed by atoms with Gasteiger partial charge in [0, 0.05) is 17.6 Å². The molecule has 5 heteroatoms. The SMILES string of the molecule is CCNCC1CCN(C(=O)C(C)(C)c2cccc(Br)c2)CC1.Cl. The fraction of sp³-hybridized carbons (Fsp3) is 0.611. The molecule has 0 aliphatic carbocycles. The summed E-state index contributed by atoms with van der Waals surface area (Å²) in [5.41, 5.74) is 0.597. The van der Waals surface area contributed by atoms with E-state index in [1.54, 1.807) is 0 Å². The molecule has 0 radical (unpaired) electrons. The number of benzene rings is 1. The lowest BCUT2D eigenvalue weighted by molar-refractivity contribution is -0.137. The Hall–Kier alpha value is -0.580. The van der Waals surface area contributed by atoms with E-state index in [1.165, 1.54) is 0 Å². The number of likely N-dealkylation sites (tertiary alicyclic amines) is 1.